The molecule has 1 saturated heterocycles. The summed E-state index contributed by atoms with van der Waals surface area (Å²) >= 11 is 0. The van der Waals surface area contributed by atoms with Crippen LogP contribution in [0.3, 0.4) is 0 Å². The first-order valence-electron chi connectivity index (χ1n) is 7.59. The number of rotatable bonds is 4. The lowest BCUT2D eigenvalue weighted by atomic mass is 9.82. The number of benzene rings is 1. The Bertz CT molecular complexity index is 411. The highest BCUT2D eigenvalue weighted by atomic mass is 15.2. The van der Waals surface area contributed by atoms with E-state index >= 15 is 0 Å². The van der Waals surface area contributed by atoms with Gasteiger partial charge in [-0.1, -0.05) is 45.0 Å². The summed E-state index contributed by atoms with van der Waals surface area (Å²) in [5.74, 6) is 0. The zero-order chi connectivity index (χ0) is 13.9. The van der Waals surface area contributed by atoms with E-state index in [1.165, 1.54) is 30.5 Å². The maximum atomic E-state index is 6.11. The molecule has 0 saturated carbocycles. The summed E-state index contributed by atoms with van der Waals surface area (Å²) in [6.45, 7) is 10.0. The Balaban J connectivity index is 2.24. The van der Waals surface area contributed by atoms with Crippen LogP contribution in [0.25, 0.3) is 0 Å². The van der Waals surface area contributed by atoms with Crippen LogP contribution in [0, 0.1) is 5.41 Å². The van der Waals surface area contributed by atoms with Crippen molar-refractivity contribution in [2.24, 2.45) is 11.1 Å². The van der Waals surface area contributed by atoms with Gasteiger partial charge in [-0.25, -0.2) is 0 Å². The molecule has 106 valence electrons. The molecule has 1 heterocycles. The lowest BCUT2D eigenvalue weighted by Gasteiger charge is -2.42. The number of nitrogens with two attached hydrogens (primary N) is 1. The van der Waals surface area contributed by atoms with Gasteiger partial charge in [0.25, 0.3) is 0 Å². The van der Waals surface area contributed by atoms with Crippen molar-refractivity contribution in [2.45, 2.75) is 46.1 Å². The molecule has 2 N–H and O–H groups in total. The van der Waals surface area contributed by atoms with E-state index in [0.29, 0.717) is 18.0 Å². The Hall–Kier alpha value is -0.860. The van der Waals surface area contributed by atoms with Crippen molar-refractivity contribution in [1.82, 2.24) is 4.90 Å². The van der Waals surface area contributed by atoms with Gasteiger partial charge < -0.3 is 5.73 Å². The number of hydrogen-bond donors (Lipinski definition) is 1. The Morgan fingerprint density at radius 1 is 1.32 bits per heavy atom. The Kier molecular flexibility index (Phi) is 4.64. The topological polar surface area (TPSA) is 29.3 Å². The fourth-order valence-corrected chi connectivity index (χ4v) is 3.39. The van der Waals surface area contributed by atoms with Gasteiger partial charge in [-0.3, -0.25) is 4.90 Å². The second-order valence-corrected chi connectivity index (χ2v) is 6.54. The van der Waals surface area contributed by atoms with Crippen molar-refractivity contribution in [2.75, 3.05) is 19.6 Å². The van der Waals surface area contributed by atoms with Crippen LogP contribution in [0.5, 0.6) is 0 Å². The van der Waals surface area contributed by atoms with E-state index in [-0.39, 0.29) is 0 Å². The van der Waals surface area contributed by atoms with Gasteiger partial charge in [0.1, 0.15) is 0 Å². The number of nitrogens with zero attached hydrogens (tertiary/aromatic N) is 1. The molecule has 0 radical (unpaired) electrons. The van der Waals surface area contributed by atoms with Gasteiger partial charge in [-0.05, 0) is 42.3 Å². The highest BCUT2D eigenvalue weighted by molar-refractivity contribution is 5.30. The molecule has 1 aromatic rings. The standard InChI is InChI=1S/C17H28N2/c1-4-14-8-5-6-9-15(14)16(12-18)19-11-7-10-17(2,3)13-19/h5-6,8-9,16H,4,7,10-13,18H2,1-3H3. The molecule has 1 unspecified atom stereocenters. The van der Waals surface area contributed by atoms with Crippen LogP contribution >= 0.6 is 0 Å². The molecule has 1 aromatic carbocycles. The number of piperidine rings is 1. The molecule has 1 aliphatic heterocycles. The van der Waals surface area contributed by atoms with Crippen LogP contribution < -0.4 is 5.73 Å². The number of likely N-dealkylation sites (tertiary alicyclic amines) is 1. The molecule has 0 spiro atoms. The van der Waals surface area contributed by atoms with Gasteiger partial charge >= 0.3 is 0 Å². The zero-order valence-electron chi connectivity index (χ0n) is 12.7. The SMILES string of the molecule is CCc1ccccc1C(CN)N1CCCC(C)(C)C1. The lowest BCUT2D eigenvalue weighted by Crippen LogP contribution is -2.44. The van der Waals surface area contributed by atoms with Gasteiger partial charge in [0.05, 0.1) is 0 Å². The van der Waals surface area contributed by atoms with Crippen LogP contribution in [0.1, 0.15) is 50.8 Å². The Morgan fingerprint density at radius 2 is 2.05 bits per heavy atom. The van der Waals surface area contributed by atoms with E-state index in [9.17, 15) is 0 Å². The highest BCUT2D eigenvalue weighted by Crippen LogP contribution is 2.34. The van der Waals surface area contributed by atoms with E-state index in [1.54, 1.807) is 0 Å². The molecular formula is C17H28N2. The molecule has 2 heteroatoms. The predicted molar refractivity (Wildman–Crippen MR) is 82.2 cm³/mol. The maximum absolute atomic E-state index is 6.11. The van der Waals surface area contributed by atoms with E-state index in [4.69, 9.17) is 5.73 Å². The molecule has 0 aromatic heterocycles. The van der Waals surface area contributed by atoms with Gasteiger partial charge in [0.15, 0.2) is 0 Å². The zero-order valence-corrected chi connectivity index (χ0v) is 12.7. The first kappa shape index (κ1) is 14.5. The third-order valence-corrected chi connectivity index (χ3v) is 4.39. The predicted octanol–water partition coefficient (Wildman–Crippen LogP) is 3.37. The van der Waals surface area contributed by atoms with Gasteiger partial charge in [0, 0.05) is 19.1 Å². The summed E-state index contributed by atoms with van der Waals surface area (Å²) in [6, 6.07) is 9.17. The van der Waals surface area contributed by atoms with Crippen LogP contribution in [0.2, 0.25) is 0 Å². The monoisotopic (exact) mass is 260 g/mol. The van der Waals surface area contributed by atoms with E-state index in [2.05, 4.69) is 49.9 Å². The number of aryl methyl sites for hydroxylation is 1. The molecule has 2 rings (SSSR count). The van der Waals surface area contributed by atoms with Crippen molar-refractivity contribution in [3.05, 3.63) is 35.4 Å². The third-order valence-electron chi connectivity index (χ3n) is 4.39. The van der Waals surface area contributed by atoms with Crippen molar-refractivity contribution in [3.63, 3.8) is 0 Å². The van der Waals surface area contributed by atoms with Crippen LogP contribution in [-0.4, -0.2) is 24.5 Å². The second-order valence-electron chi connectivity index (χ2n) is 6.54. The average Bonchev–Trinajstić information content (AvgIpc) is 2.39. The van der Waals surface area contributed by atoms with Crippen molar-refractivity contribution >= 4 is 0 Å². The summed E-state index contributed by atoms with van der Waals surface area (Å²) < 4.78 is 0. The summed E-state index contributed by atoms with van der Waals surface area (Å²) in [6.07, 6.45) is 3.71. The maximum Gasteiger partial charge on any atom is 0.0473 e. The van der Waals surface area contributed by atoms with Crippen molar-refractivity contribution in [1.29, 1.82) is 0 Å². The molecule has 0 amide bonds. The summed E-state index contributed by atoms with van der Waals surface area (Å²) in [5, 5.41) is 0. The quantitative estimate of drug-likeness (QED) is 0.899. The fourth-order valence-electron chi connectivity index (χ4n) is 3.39. The molecule has 1 atom stereocenters. The van der Waals surface area contributed by atoms with Gasteiger partial charge in [-0.15, -0.1) is 0 Å². The van der Waals surface area contributed by atoms with Gasteiger partial charge in [-0.2, -0.15) is 0 Å². The van der Waals surface area contributed by atoms with Crippen molar-refractivity contribution < 1.29 is 0 Å². The molecule has 19 heavy (non-hydrogen) atoms. The fraction of sp³-hybridized carbons (Fsp3) is 0.647. The van der Waals surface area contributed by atoms with E-state index < -0.39 is 0 Å². The van der Waals surface area contributed by atoms with Gasteiger partial charge in [0.2, 0.25) is 0 Å². The number of hydrogen-bond acceptors (Lipinski definition) is 2. The summed E-state index contributed by atoms with van der Waals surface area (Å²) in [4.78, 5) is 2.60. The first-order valence-corrected chi connectivity index (χ1v) is 7.59. The Morgan fingerprint density at radius 3 is 2.68 bits per heavy atom. The average molecular weight is 260 g/mol. The molecule has 1 fully saturated rings. The molecule has 2 nitrogen and oxygen atoms in total. The minimum atomic E-state index is 0.385. The smallest absolute Gasteiger partial charge is 0.0473 e. The minimum absolute atomic E-state index is 0.385. The molecule has 1 aliphatic rings. The summed E-state index contributed by atoms with van der Waals surface area (Å²) in [5.41, 5.74) is 9.41. The lowest BCUT2D eigenvalue weighted by molar-refractivity contribution is 0.0803. The molecule has 0 aliphatic carbocycles. The van der Waals surface area contributed by atoms with Crippen LogP contribution in [-0.2, 0) is 6.42 Å². The third kappa shape index (κ3) is 3.37. The summed E-state index contributed by atoms with van der Waals surface area (Å²) in [7, 11) is 0. The minimum Gasteiger partial charge on any atom is -0.329 e. The highest BCUT2D eigenvalue weighted by Gasteiger charge is 2.31. The first-order chi connectivity index (χ1) is 9.07. The van der Waals surface area contributed by atoms with Crippen LogP contribution in [0.15, 0.2) is 24.3 Å². The van der Waals surface area contributed by atoms with E-state index in [1.807, 2.05) is 0 Å². The molecule has 0 bridgehead atoms. The normalized spacial score (nSPS) is 21.3. The Labute approximate surface area is 118 Å². The largest absolute Gasteiger partial charge is 0.329 e. The molecular weight excluding hydrogens is 232 g/mol. The van der Waals surface area contributed by atoms with Crippen LogP contribution in [0.4, 0.5) is 0 Å². The van der Waals surface area contributed by atoms with Crippen molar-refractivity contribution in [3.8, 4) is 0 Å². The van der Waals surface area contributed by atoms with E-state index in [0.717, 1.165) is 13.0 Å². The second kappa shape index (κ2) is 6.06.